The monoisotopic (exact) mass is 224 g/mol. The van der Waals surface area contributed by atoms with Gasteiger partial charge in [-0.05, 0) is 12.8 Å². The van der Waals surface area contributed by atoms with Crippen molar-refractivity contribution in [2.75, 3.05) is 34.5 Å². The first kappa shape index (κ1) is 16.5. The maximum atomic E-state index is 5.13. The van der Waals surface area contributed by atoms with Crippen molar-refractivity contribution in [3.8, 4) is 0 Å². The molecule has 0 aromatic rings. The van der Waals surface area contributed by atoms with Crippen molar-refractivity contribution in [1.29, 1.82) is 0 Å². The second-order valence-corrected chi connectivity index (χ2v) is 4.60. The molecule has 4 nitrogen and oxygen atoms in total. The van der Waals surface area contributed by atoms with Crippen molar-refractivity contribution in [2.24, 2.45) is 0 Å². The van der Waals surface area contributed by atoms with Gasteiger partial charge in [-0.25, -0.2) is 0 Å². The number of hydrogen-bond donors (Lipinski definition) is 0. The van der Waals surface area contributed by atoms with Gasteiger partial charge in [-0.15, -0.1) is 0 Å². The van der Waals surface area contributed by atoms with Crippen molar-refractivity contribution in [3.05, 3.63) is 0 Å². The van der Waals surface area contributed by atoms with Crippen molar-refractivity contribution >= 4 is 9.53 Å². The van der Waals surface area contributed by atoms with Gasteiger partial charge in [0.05, 0.1) is 0 Å². The molecule has 0 aromatic carbocycles. The zero-order valence-electron chi connectivity index (χ0n) is 10.0. The zero-order valence-corrected chi connectivity index (χ0v) is 11.2. The molecule has 14 heavy (non-hydrogen) atoms. The summed E-state index contributed by atoms with van der Waals surface area (Å²) in [5.41, 5.74) is 0. The van der Waals surface area contributed by atoms with E-state index in [0.717, 1.165) is 26.1 Å². The summed E-state index contributed by atoms with van der Waals surface area (Å²) in [6.07, 6.45) is 2.28. The van der Waals surface area contributed by atoms with Crippen LogP contribution in [0.4, 0.5) is 0 Å². The fourth-order valence-corrected chi connectivity index (χ4v) is 1.26. The van der Waals surface area contributed by atoms with Gasteiger partial charge in [-0.2, -0.15) is 0 Å². The quantitative estimate of drug-likeness (QED) is 0.485. The van der Waals surface area contributed by atoms with Gasteiger partial charge < -0.3 is 18.0 Å². The molecule has 0 aliphatic rings. The molecule has 0 spiro atoms. The topological polar surface area (TPSA) is 36.9 Å². The molecular weight excluding hydrogens is 200 g/mol. The normalized spacial score (nSPS) is 9.86. The van der Waals surface area contributed by atoms with Crippen molar-refractivity contribution in [2.45, 2.75) is 26.7 Å². The standard InChI is InChI=1S/C6H14O.C3H10O3Si/c1-3-5-7-6-4-2;1-4-7(5-2)6-3/h3-6H2,1-2H3;7H,1-3H3. The van der Waals surface area contributed by atoms with Crippen LogP contribution in [0.3, 0.4) is 0 Å². The first-order valence-electron chi connectivity index (χ1n) is 4.92. The fourth-order valence-electron chi connectivity index (χ4n) is 0.679. The van der Waals surface area contributed by atoms with Crippen molar-refractivity contribution in [3.63, 3.8) is 0 Å². The smallest absolute Gasteiger partial charge is 0.381 e. The van der Waals surface area contributed by atoms with Crippen LogP contribution in [0.15, 0.2) is 0 Å². The Morgan fingerprint density at radius 3 is 1.29 bits per heavy atom. The Bertz CT molecular complexity index is 79.4. The third-order valence-electron chi connectivity index (χ3n) is 1.27. The van der Waals surface area contributed by atoms with Gasteiger partial charge in [0.25, 0.3) is 0 Å². The Morgan fingerprint density at radius 1 is 0.786 bits per heavy atom. The molecule has 0 amide bonds. The van der Waals surface area contributed by atoms with Gasteiger partial charge in [-0.3, -0.25) is 0 Å². The molecule has 0 radical (unpaired) electrons. The van der Waals surface area contributed by atoms with Crippen molar-refractivity contribution in [1.82, 2.24) is 0 Å². The van der Waals surface area contributed by atoms with Crippen LogP contribution in [0, 0.1) is 0 Å². The predicted octanol–water partition coefficient (Wildman–Crippen LogP) is 1.47. The maximum Gasteiger partial charge on any atom is 0.483 e. The lowest BCUT2D eigenvalue weighted by molar-refractivity contribution is 0.135. The molecule has 0 saturated carbocycles. The minimum atomic E-state index is -1.67. The molecule has 0 unspecified atom stereocenters. The zero-order chi connectivity index (χ0) is 11.2. The van der Waals surface area contributed by atoms with E-state index in [1.54, 1.807) is 21.3 Å². The van der Waals surface area contributed by atoms with Crippen LogP contribution in [0.2, 0.25) is 0 Å². The summed E-state index contributed by atoms with van der Waals surface area (Å²) in [5.74, 6) is 0. The molecule has 0 atom stereocenters. The van der Waals surface area contributed by atoms with E-state index in [0.29, 0.717) is 0 Å². The molecule has 0 saturated heterocycles. The first-order valence-corrected chi connectivity index (χ1v) is 6.34. The largest absolute Gasteiger partial charge is 0.483 e. The molecule has 0 rings (SSSR count). The van der Waals surface area contributed by atoms with E-state index in [9.17, 15) is 0 Å². The predicted molar refractivity (Wildman–Crippen MR) is 59.6 cm³/mol. The van der Waals surface area contributed by atoms with E-state index >= 15 is 0 Å². The van der Waals surface area contributed by atoms with Crippen LogP contribution < -0.4 is 0 Å². The minimum absolute atomic E-state index is 0.924. The highest BCUT2D eigenvalue weighted by Gasteiger charge is 2.04. The Morgan fingerprint density at radius 2 is 1.14 bits per heavy atom. The highest BCUT2D eigenvalue weighted by atomic mass is 28.3. The van der Waals surface area contributed by atoms with E-state index in [-0.39, 0.29) is 0 Å². The molecule has 0 aromatic heterocycles. The lowest BCUT2D eigenvalue weighted by atomic mass is 10.5. The minimum Gasteiger partial charge on any atom is -0.381 e. The first-order chi connectivity index (χ1) is 6.76. The Hall–Kier alpha value is 0.0569. The second kappa shape index (κ2) is 15.5. The summed E-state index contributed by atoms with van der Waals surface area (Å²) in [7, 11) is 3.05. The van der Waals surface area contributed by atoms with Crippen LogP contribution in [-0.2, 0) is 18.0 Å². The highest BCUT2D eigenvalue weighted by Crippen LogP contribution is 1.81. The third-order valence-corrected chi connectivity index (χ3v) is 2.43. The summed E-state index contributed by atoms with van der Waals surface area (Å²) >= 11 is 0. The summed E-state index contributed by atoms with van der Waals surface area (Å²) in [6.45, 7) is 6.09. The summed E-state index contributed by atoms with van der Waals surface area (Å²) in [6, 6.07) is 0. The number of rotatable bonds is 7. The Labute approximate surface area is 89.5 Å². The number of ether oxygens (including phenoxy) is 1. The van der Waals surface area contributed by atoms with Gasteiger partial charge in [-0.1, -0.05) is 13.8 Å². The molecule has 5 heteroatoms. The van der Waals surface area contributed by atoms with Crippen LogP contribution >= 0.6 is 0 Å². The van der Waals surface area contributed by atoms with E-state index < -0.39 is 9.53 Å². The van der Waals surface area contributed by atoms with Crippen LogP contribution in [0.1, 0.15) is 26.7 Å². The molecule has 88 valence electrons. The van der Waals surface area contributed by atoms with Gasteiger partial charge in [0, 0.05) is 34.5 Å². The Kier molecular flexibility index (Phi) is 18.3. The van der Waals surface area contributed by atoms with Crippen LogP contribution in [-0.4, -0.2) is 44.1 Å². The molecule has 0 bridgehead atoms. The van der Waals surface area contributed by atoms with E-state index in [2.05, 4.69) is 13.8 Å². The van der Waals surface area contributed by atoms with Crippen LogP contribution in [0.5, 0.6) is 0 Å². The lowest BCUT2D eigenvalue weighted by Crippen LogP contribution is -2.21. The third kappa shape index (κ3) is 14.6. The molecule has 0 N–H and O–H groups in total. The lowest BCUT2D eigenvalue weighted by Gasteiger charge is -2.05. The van der Waals surface area contributed by atoms with E-state index in [1.165, 1.54) is 0 Å². The van der Waals surface area contributed by atoms with Gasteiger partial charge >= 0.3 is 9.53 Å². The average Bonchev–Trinajstić information content (AvgIpc) is 2.22. The molecule has 0 heterocycles. The summed E-state index contributed by atoms with van der Waals surface area (Å²) < 4.78 is 19.4. The second-order valence-electron chi connectivity index (χ2n) is 2.61. The number of hydrogen-bond acceptors (Lipinski definition) is 4. The van der Waals surface area contributed by atoms with E-state index in [1.807, 2.05) is 0 Å². The molecular formula is C9H24O4Si. The SMILES string of the molecule is CCCOCCC.CO[SiH](OC)OC. The molecule has 0 aliphatic heterocycles. The molecule has 0 aliphatic carbocycles. The fraction of sp³-hybridized carbons (Fsp3) is 1.00. The maximum absolute atomic E-state index is 5.13. The summed E-state index contributed by atoms with van der Waals surface area (Å²) in [5, 5.41) is 0. The van der Waals surface area contributed by atoms with Gasteiger partial charge in [0.2, 0.25) is 0 Å². The van der Waals surface area contributed by atoms with Gasteiger partial charge in [0.15, 0.2) is 0 Å². The highest BCUT2D eigenvalue weighted by molar-refractivity contribution is 6.36. The average molecular weight is 224 g/mol. The van der Waals surface area contributed by atoms with Gasteiger partial charge in [0.1, 0.15) is 0 Å². The summed E-state index contributed by atoms with van der Waals surface area (Å²) in [4.78, 5) is 0. The molecule has 0 fully saturated rings. The van der Waals surface area contributed by atoms with Crippen LogP contribution in [0.25, 0.3) is 0 Å². The Balaban J connectivity index is 0. The van der Waals surface area contributed by atoms with E-state index in [4.69, 9.17) is 18.0 Å². The van der Waals surface area contributed by atoms with Crippen molar-refractivity contribution < 1.29 is 18.0 Å².